The fourth-order valence-electron chi connectivity index (χ4n) is 1.36. The average molecular weight is 199 g/mol. The van der Waals surface area contributed by atoms with E-state index >= 15 is 0 Å². The summed E-state index contributed by atoms with van der Waals surface area (Å²) in [5.74, 6) is 0. The molecule has 2 rings (SSSR count). The van der Waals surface area contributed by atoms with E-state index in [1.165, 1.54) is 16.9 Å². The van der Waals surface area contributed by atoms with Crippen molar-refractivity contribution < 1.29 is 0 Å². The zero-order valence-corrected chi connectivity index (χ0v) is 8.64. The number of nitriles is 1. The van der Waals surface area contributed by atoms with Crippen molar-refractivity contribution in [2.45, 2.75) is 6.92 Å². The molecule has 0 fully saturated rings. The van der Waals surface area contributed by atoms with Crippen LogP contribution in [0.4, 0.5) is 0 Å². The summed E-state index contributed by atoms with van der Waals surface area (Å²) in [6.07, 6.45) is 0. The molecule has 0 aliphatic heterocycles. The van der Waals surface area contributed by atoms with Crippen molar-refractivity contribution in [2.24, 2.45) is 0 Å². The first kappa shape index (κ1) is 8.98. The number of benzene rings is 1. The smallest absolute Gasteiger partial charge is 0.112 e. The van der Waals surface area contributed by atoms with E-state index < -0.39 is 0 Å². The summed E-state index contributed by atoms with van der Waals surface area (Å²) in [5.41, 5.74) is 3.40. The SMILES string of the molecule is Cc1ccc(-c2ccsc2C#N)cc1. The van der Waals surface area contributed by atoms with Crippen LogP contribution in [0, 0.1) is 18.3 Å². The van der Waals surface area contributed by atoms with Crippen molar-refractivity contribution in [2.75, 3.05) is 0 Å². The van der Waals surface area contributed by atoms with E-state index in [1.807, 2.05) is 11.4 Å². The van der Waals surface area contributed by atoms with Gasteiger partial charge in [0, 0.05) is 5.56 Å². The fourth-order valence-corrected chi connectivity index (χ4v) is 2.06. The molecule has 0 atom stereocenters. The summed E-state index contributed by atoms with van der Waals surface area (Å²) >= 11 is 1.49. The zero-order chi connectivity index (χ0) is 9.97. The Bertz CT molecular complexity index is 474. The first-order valence-corrected chi connectivity index (χ1v) is 5.24. The molecule has 0 N–H and O–H groups in total. The molecule has 0 amide bonds. The highest BCUT2D eigenvalue weighted by Crippen LogP contribution is 2.27. The van der Waals surface area contributed by atoms with E-state index in [0.717, 1.165) is 16.0 Å². The molecule has 0 radical (unpaired) electrons. The molecule has 1 aromatic heterocycles. The van der Waals surface area contributed by atoms with Crippen molar-refractivity contribution in [3.63, 3.8) is 0 Å². The number of nitrogens with zero attached hydrogens (tertiary/aromatic N) is 1. The normalized spacial score (nSPS) is 9.71. The van der Waals surface area contributed by atoms with E-state index in [2.05, 4.69) is 37.3 Å². The van der Waals surface area contributed by atoms with Crippen LogP contribution < -0.4 is 0 Å². The molecular formula is C12H9NS. The molecule has 0 saturated heterocycles. The van der Waals surface area contributed by atoms with Gasteiger partial charge in [0.05, 0.1) is 0 Å². The standard InChI is InChI=1S/C12H9NS/c1-9-2-4-10(5-3-9)11-6-7-14-12(11)8-13/h2-7H,1H3. The van der Waals surface area contributed by atoms with Gasteiger partial charge in [-0.2, -0.15) is 5.26 Å². The quantitative estimate of drug-likeness (QED) is 0.688. The average Bonchev–Trinajstić information content (AvgIpc) is 2.67. The highest BCUT2D eigenvalue weighted by molar-refractivity contribution is 7.11. The van der Waals surface area contributed by atoms with E-state index in [-0.39, 0.29) is 0 Å². The number of hydrogen-bond acceptors (Lipinski definition) is 2. The third-order valence-corrected chi connectivity index (χ3v) is 2.95. The lowest BCUT2D eigenvalue weighted by Gasteiger charge is -1.99. The second-order valence-electron chi connectivity index (χ2n) is 3.14. The van der Waals surface area contributed by atoms with E-state index in [0.29, 0.717) is 0 Å². The fraction of sp³-hybridized carbons (Fsp3) is 0.0833. The molecule has 2 heteroatoms. The van der Waals surface area contributed by atoms with Gasteiger partial charge in [-0.1, -0.05) is 29.8 Å². The highest BCUT2D eigenvalue weighted by atomic mass is 32.1. The van der Waals surface area contributed by atoms with Crippen LogP contribution >= 0.6 is 11.3 Å². The minimum Gasteiger partial charge on any atom is -0.192 e. The molecule has 0 bridgehead atoms. The number of thiophene rings is 1. The summed E-state index contributed by atoms with van der Waals surface area (Å²) < 4.78 is 0. The van der Waals surface area contributed by atoms with Crippen LogP contribution in [0.15, 0.2) is 35.7 Å². The largest absolute Gasteiger partial charge is 0.192 e. The molecule has 2 aromatic rings. The number of aryl methyl sites for hydroxylation is 1. The summed E-state index contributed by atoms with van der Waals surface area (Å²) in [4.78, 5) is 0.786. The predicted molar refractivity (Wildman–Crippen MR) is 59.2 cm³/mol. The molecule has 0 saturated carbocycles. The van der Waals surface area contributed by atoms with Crippen molar-refractivity contribution in [3.05, 3.63) is 46.2 Å². The summed E-state index contributed by atoms with van der Waals surface area (Å²) in [7, 11) is 0. The maximum Gasteiger partial charge on any atom is 0.112 e. The van der Waals surface area contributed by atoms with Crippen LogP contribution in [-0.4, -0.2) is 0 Å². The van der Waals surface area contributed by atoms with Gasteiger partial charge in [0.15, 0.2) is 0 Å². The highest BCUT2D eigenvalue weighted by Gasteiger charge is 2.04. The lowest BCUT2D eigenvalue weighted by molar-refractivity contribution is 1.47. The topological polar surface area (TPSA) is 23.8 Å². The predicted octanol–water partition coefficient (Wildman–Crippen LogP) is 3.60. The van der Waals surface area contributed by atoms with Crippen molar-refractivity contribution in [1.82, 2.24) is 0 Å². The Balaban J connectivity index is 2.50. The lowest BCUT2D eigenvalue weighted by Crippen LogP contribution is -1.77. The molecule has 1 aromatic carbocycles. The first-order chi connectivity index (χ1) is 6.81. The van der Waals surface area contributed by atoms with Gasteiger partial charge < -0.3 is 0 Å². The Hall–Kier alpha value is -1.59. The number of rotatable bonds is 1. The molecule has 0 unspecified atom stereocenters. The van der Waals surface area contributed by atoms with Crippen molar-refractivity contribution in [1.29, 1.82) is 5.26 Å². The van der Waals surface area contributed by atoms with Crippen LogP contribution in [0.5, 0.6) is 0 Å². The Morgan fingerprint density at radius 1 is 1.14 bits per heavy atom. The van der Waals surface area contributed by atoms with E-state index in [9.17, 15) is 0 Å². The Kier molecular flexibility index (Phi) is 2.34. The van der Waals surface area contributed by atoms with E-state index in [4.69, 9.17) is 5.26 Å². The molecule has 14 heavy (non-hydrogen) atoms. The minimum absolute atomic E-state index is 0.786. The van der Waals surface area contributed by atoms with Crippen LogP contribution in [0.2, 0.25) is 0 Å². The minimum atomic E-state index is 0.786. The van der Waals surface area contributed by atoms with Gasteiger partial charge in [0.25, 0.3) is 0 Å². The van der Waals surface area contributed by atoms with Gasteiger partial charge in [-0.25, -0.2) is 0 Å². The van der Waals surface area contributed by atoms with Gasteiger partial charge in [-0.05, 0) is 23.9 Å². The monoisotopic (exact) mass is 199 g/mol. The Labute approximate surface area is 87.3 Å². The van der Waals surface area contributed by atoms with Crippen LogP contribution in [0.1, 0.15) is 10.4 Å². The number of hydrogen-bond donors (Lipinski definition) is 0. The van der Waals surface area contributed by atoms with Crippen LogP contribution in [0.3, 0.4) is 0 Å². The second-order valence-corrected chi connectivity index (χ2v) is 4.06. The summed E-state index contributed by atoms with van der Waals surface area (Å²) in [5, 5.41) is 10.8. The molecule has 0 aliphatic rings. The molecule has 68 valence electrons. The van der Waals surface area contributed by atoms with Crippen molar-refractivity contribution >= 4 is 11.3 Å². The van der Waals surface area contributed by atoms with Gasteiger partial charge in [-0.15, -0.1) is 11.3 Å². The maximum atomic E-state index is 8.88. The molecule has 1 heterocycles. The molecule has 0 spiro atoms. The van der Waals surface area contributed by atoms with Crippen molar-refractivity contribution in [3.8, 4) is 17.2 Å². The Morgan fingerprint density at radius 2 is 1.86 bits per heavy atom. The molecular weight excluding hydrogens is 190 g/mol. The first-order valence-electron chi connectivity index (χ1n) is 4.36. The van der Waals surface area contributed by atoms with E-state index in [1.54, 1.807) is 0 Å². The summed E-state index contributed by atoms with van der Waals surface area (Å²) in [6.45, 7) is 2.06. The lowest BCUT2D eigenvalue weighted by atomic mass is 10.1. The Morgan fingerprint density at radius 3 is 2.50 bits per heavy atom. The zero-order valence-electron chi connectivity index (χ0n) is 7.82. The third kappa shape index (κ3) is 1.55. The second kappa shape index (κ2) is 3.65. The molecule has 0 aliphatic carbocycles. The molecule has 1 nitrogen and oxygen atoms in total. The van der Waals surface area contributed by atoms with Gasteiger partial charge in [0.2, 0.25) is 0 Å². The van der Waals surface area contributed by atoms with Gasteiger partial charge in [0.1, 0.15) is 10.9 Å². The van der Waals surface area contributed by atoms with Crippen LogP contribution in [-0.2, 0) is 0 Å². The summed E-state index contributed by atoms with van der Waals surface area (Å²) in [6, 6.07) is 12.4. The maximum absolute atomic E-state index is 8.88. The third-order valence-electron chi connectivity index (χ3n) is 2.13. The van der Waals surface area contributed by atoms with Gasteiger partial charge >= 0.3 is 0 Å². The van der Waals surface area contributed by atoms with Gasteiger partial charge in [-0.3, -0.25) is 0 Å². The van der Waals surface area contributed by atoms with Crippen LogP contribution in [0.25, 0.3) is 11.1 Å².